The molecular formula is C31H34N8O. The lowest BCUT2D eigenvalue weighted by Gasteiger charge is -2.22. The van der Waals surface area contributed by atoms with E-state index in [4.69, 9.17) is 15.6 Å². The van der Waals surface area contributed by atoms with Gasteiger partial charge in [-0.05, 0) is 79.1 Å². The highest BCUT2D eigenvalue weighted by atomic mass is 16.5. The lowest BCUT2D eigenvalue weighted by Crippen LogP contribution is -2.29. The van der Waals surface area contributed by atoms with Crippen LogP contribution in [0.25, 0.3) is 11.2 Å². The maximum atomic E-state index is 6.70. The van der Waals surface area contributed by atoms with Crippen molar-refractivity contribution in [3.63, 3.8) is 0 Å². The van der Waals surface area contributed by atoms with Crippen molar-refractivity contribution in [2.24, 2.45) is 5.92 Å². The van der Waals surface area contributed by atoms with E-state index in [1.807, 2.05) is 16.9 Å². The first-order chi connectivity index (χ1) is 19.7. The van der Waals surface area contributed by atoms with Crippen molar-refractivity contribution in [3.8, 4) is 5.75 Å². The van der Waals surface area contributed by atoms with E-state index in [0.29, 0.717) is 23.4 Å². The number of pyridine rings is 1. The average molecular weight is 535 g/mol. The fourth-order valence-electron chi connectivity index (χ4n) is 6.48. The number of nitrogens with one attached hydrogen (secondary N) is 2. The molecule has 2 aromatic carbocycles. The lowest BCUT2D eigenvalue weighted by atomic mass is 9.90. The Morgan fingerprint density at radius 1 is 1.02 bits per heavy atom. The van der Waals surface area contributed by atoms with Gasteiger partial charge in [-0.3, -0.25) is 4.68 Å². The number of nitrogen functional groups attached to an aromatic ring is 1. The molecule has 7 rings (SSSR count). The maximum absolute atomic E-state index is 6.70. The first kappa shape index (κ1) is 24.8. The molecule has 1 saturated carbocycles. The number of aromatic nitrogens is 6. The predicted octanol–water partition coefficient (Wildman–Crippen LogP) is 4.27. The van der Waals surface area contributed by atoms with Gasteiger partial charge in [-0.25, -0.2) is 4.98 Å². The van der Waals surface area contributed by atoms with Gasteiger partial charge in [-0.2, -0.15) is 15.4 Å². The van der Waals surface area contributed by atoms with Crippen molar-refractivity contribution in [3.05, 3.63) is 95.3 Å². The highest BCUT2D eigenvalue weighted by Crippen LogP contribution is 2.35. The van der Waals surface area contributed by atoms with Crippen LogP contribution in [0, 0.1) is 5.92 Å². The lowest BCUT2D eigenvalue weighted by molar-refractivity contribution is 0.157. The van der Waals surface area contributed by atoms with Crippen molar-refractivity contribution in [2.45, 2.75) is 56.7 Å². The summed E-state index contributed by atoms with van der Waals surface area (Å²) in [6.45, 7) is 1.64. The summed E-state index contributed by atoms with van der Waals surface area (Å²) in [6, 6.07) is 21.7. The van der Waals surface area contributed by atoms with Crippen LogP contribution in [-0.2, 0) is 19.4 Å². The molecule has 4 heterocycles. The van der Waals surface area contributed by atoms with Crippen LogP contribution in [0.5, 0.6) is 5.75 Å². The molecule has 1 aliphatic carbocycles. The summed E-state index contributed by atoms with van der Waals surface area (Å²) in [6.07, 6.45) is 9.13. The Morgan fingerprint density at radius 3 is 2.88 bits per heavy atom. The Hall–Kier alpha value is -4.24. The van der Waals surface area contributed by atoms with Crippen LogP contribution in [0.2, 0.25) is 0 Å². The Bertz CT molecular complexity index is 1600. The fourth-order valence-corrected chi connectivity index (χ4v) is 6.48. The van der Waals surface area contributed by atoms with Crippen molar-refractivity contribution in [1.29, 1.82) is 0 Å². The summed E-state index contributed by atoms with van der Waals surface area (Å²) < 4.78 is 8.73. The van der Waals surface area contributed by atoms with Gasteiger partial charge in [-0.15, -0.1) is 5.10 Å². The van der Waals surface area contributed by atoms with Gasteiger partial charge in [0.1, 0.15) is 23.2 Å². The number of aryl methyl sites for hydroxylation is 2. The van der Waals surface area contributed by atoms with E-state index in [1.54, 1.807) is 0 Å². The summed E-state index contributed by atoms with van der Waals surface area (Å²) in [7, 11) is 0. The van der Waals surface area contributed by atoms with E-state index in [1.165, 1.54) is 11.1 Å². The molecule has 3 aromatic heterocycles. The van der Waals surface area contributed by atoms with Crippen molar-refractivity contribution in [1.82, 2.24) is 35.5 Å². The van der Waals surface area contributed by atoms with E-state index < -0.39 is 0 Å². The average Bonchev–Trinajstić information content (AvgIpc) is 3.71. The third-order valence-corrected chi connectivity index (χ3v) is 8.42. The zero-order valence-corrected chi connectivity index (χ0v) is 22.4. The summed E-state index contributed by atoms with van der Waals surface area (Å²) in [5.41, 5.74) is 12.3. The molecule has 1 unspecified atom stereocenters. The number of ether oxygens (including phenoxy) is 1. The summed E-state index contributed by atoms with van der Waals surface area (Å²) in [5.74, 6) is 1.91. The number of benzene rings is 2. The molecule has 1 fully saturated rings. The zero-order valence-electron chi connectivity index (χ0n) is 22.4. The molecule has 9 nitrogen and oxygen atoms in total. The molecule has 9 heteroatoms. The smallest absolute Gasteiger partial charge is 0.203 e. The van der Waals surface area contributed by atoms with Crippen LogP contribution in [0.3, 0.4) is 0 Å². The number of anilines is 1. The van der Waals surface area contributed by atoms with Gasteiger partial charge in [-0.1, -0.05) is 42.5 Å². The highest BCUT2D eigenvalue weighted by molar-refractivity contribution is 5.77. The van der Waals surface area contributed by atoms with Crippen LogP contribution < -0.4 is 15.8 Å². The van der Waals surface area contributed by atoms with Gasteiger partial charge in [0.2, 0.25) is 5.65 Å². The SMILES string of the molecule is Nc1cc(C2CCN[C@H]3C[C@H](Cc4ccccc4)[C@@H](C3)Oc3cccc(c3)CCn3cc2cn3)c2n[nH]nc2n1. The van der Waals surface area contributed by atoms with Crippen LogP contribution in [0.15, 0.2) is 73.1 Å². The van der Waals surface area contributed by atoms with Gasteiger partial charge < -0.3 is 15.8 Å². The van der Waals surface area contributed by atoms with E-state index >= 15 is 0 Å². The van der Waals surface area contributed by atoms with Gasteiger partial charge in [0.05, 0.1) is 6.20 Å². The van der Waals surface area contributed by atoms with Gasteiger partial charge >= 0.3 is 0 Å². The Balaban J connectivity index is 1.21. The van der Waals surface area contributed by atoms with Crippen LogP contribution in [0.1, 0.15) is 47.4 Å². The third-order valence-electron chi connectivity index (χ3n) is 8.42. The van der Waals surface area contributed by atoms with Crippen LogP contribution >= 0.6 is 0 Å². The first-order valence-electron chi connectivity index (χ1n) is 14.2. The molecule has 0 saturated heterocycles. The Labute approximate surface area is 233 Å². The third kappa shape index (κ3) is 5.16. The fraction of sp³-hybridized carbons (Fsp3) is 0.355. The zero-order chi connectivity index (χ0) is 26.9. The predicted molar refractivity (Wildman–Crippen MR) is 154 cm³/mol. The minimum atomic E-state index is 0.0592. The maximum Gasteiger partial charge on any atom is 0.203 e. The van der Waals surface area contributed by atoms with E-state index in [0.717, 1.165) is 67.6 Å². The monoisotopic (exact) mass is 534 g/mol. The quantitative estimate of drug-likeness (QED) is 0.316. The Kier molecular flexibility index (Phi) is 6.65. The number of hydrogen-bond acceptors (Lipinski definition) is 7. The molecule has 204 valence electrons. The molecule has 40 heavy (non-hydrogen) atoms. The van der Waals surface area contributed by atoms with Crippen LogP contribution in [-0.4, -0.2) is 48.9 Å². The molecule has 6 bridgehead atoms. The molecule has 0 spiro atoms. The molecule has 4 atom stereocenters. The van der Waals surface area contributed by atoms with Crippen molar-refractivity contribution in [2.75, 3.05) is 12.3 Å². The molecule has 1 aliphatic heterocycles. The number of rotatable bonds is 3. The minimum Gasteiger partial charge on any atom is -0.490 e. The van der Waals surface area contributed by atoms with Crippen molar-refractivity contribution < 1.29 is 4.74 Å². The molecule has 0 amide bonds. The molecule has 5 aromatic rings. The van der Waals surface area contributed by atoms with Gasteiger partial charge in [0.25, 0.3) is 0 Å². The molecule has 2 aliphatic rings. The standard InChI is InChI=1S/C31H34N8O/c32-29-17-27(30-31(35-29)37-38-36-30)26-9-11-33-24-15-22(13-20-5-2-1-3-6-20)28(16-24)40-25-8-4-7-21(14-25)10-12-39-19-23(26)18-34-39/h1-8,14,17-19,22,24,26,28,33H,9-13,15-16H2,(H3,32,35,36,37,38)/t22-,24-,26?,28+/m0/s1. The van der Waals surface area contributed by atoms with Crippen molar-refractivity contribution >= 4 is 17.0 Å². The second-order valence-corrected chi connectivity index (χ2v) is 11.1. The number of hydrogen-bond donors (Lipinski definition) is 3. The highest BCUT2D eigenvalue weighted by Gasteiger charge is 2.36. The van der Waals surface area contributed by atoms with E-state index in [2.05, 4.69) is 86.5 Å². The minimum absolute atomic E-state index is 0.0592. The first-order valence-corrected chi connectivity index (χ1v) is 14.2. The second-order valence-electron chi connectivity index (χ2n) is 11.1. The number of fused-ring (bicyclic) bond motifs is 7. The number of nitrogens with two attached hydrogens (primary N) is 1. The number of nitrogens with zero attached hydrogens (tertiary/aromatic N) is 5. The van der Waals surface area contributed by atoms with E-state index in [-0.39, 0.29) is 12.0 Å². The molecule has 4 N–H and O–H groups in total. The largest absolute Gasteiger partial charge is 0.490 e. The van der Waals surface area contributed by atoms with E-state index in [9.17, 15) is 0 Å². The summed E-state index contributed by atoms with van der Waals surface area (Å²) >= 11 is 0. The number of H-pyrrole nitrogens is 1. The number of aromatic amines is 1. The topological polar surface area (TPSA) is 120 Å². The molecular weight excluding hydrogens is 500 g/mol. The summed E-state index contributed by atoms with van der Waals surface area (Å²) in [5, 5.41) is 19.9. The summed E-state index contributed by atoms with van der Waals surface area (Å²) in [4.78, 5) is 4.36. The second kappa shape index (κ2) is 10.7. The van der Waals surface area contributed by atoms with Gasteiger partial charge in [0.15, 0.2) is 0 Å². The Morgan fingerprint density at radius 2 is 1.95 bits per heavy atom. The van der Waals surface area contributed by atoms with Gasteiger partial charge in [0, 0.05) is 30.6 Å². The van der Waals surface area contributed by atoms with Crippen LogP contribution in [0.4, 0.5) is 5.82 Å². The molecule has 0 radical (unpaired) electrons. The normalized spacial score (nSPS) is 23.2.